The lowest BCUT2D eigenvalue weighted by Crippen LogP contribution is -3.05. The maximum atomic E-state index is 12.4. The summed E-state index contributed by atoms with van der Waals surface area (Å²) >= 11 is 5.22. The third-order valence-corrected chi connectivity index (χ3v) is 6.40. The molecule has 0 aromatic rings. The van der Waals surface area contributed by atoms with Crippen molar-refractivity contribution in [1.82, 2.24) is 16.2 Å². The zero-order valence-corrected chi connectivity index (χ0v) is 15.9. The molecule has 0 aliphatic heterocycles. The van der Waals surface area contributed by atoms with E-state index in [-0.39, 0.29) is 11.3 Å². The summed E-state index contributed by atoms with van der Waals surface area (Å²) in [6, 6.07) is 0. The number of hydrogen-bond acceptors (Lipinski definition) is 2. The van der Waals surface area contributed by atoms with Crippen molar-refractivity contribution in [3.8, 4) is 0 Å². The lowest BCUT2D eigenvalue weighted by atomic mass is 9.49. The van der Waals surface area contributed by atoms with Gasteiger partial charge in [0, 0.05) is 19.4 Å². The van der Waals surface area contributed by atoms with Crippen molar-refractivity contribution >= 4 is 23.2 Å². The van der Waals surface area contributed by atoms with Crippen molar-refractivity contribution in [1.29, 1.82) is 0 Å². The molecule has 0 atom stereocenters. The van der Waals surface area contributed by atoms with Crippen molar-refractivity contribution in [2.45, 2.75) is 51.4 Å². The molecule has 6 heteroatoms. The molecule has 4 aliphatic rings. The normalized spacial score (nSPS) is 33.5. The zero-order valence-electron chi connectivity index (χ0n) is 15.1. The van der Waals surface area contributed by atoms with E-state index < -0.39 is 0 Å². The molecule has 4 bridgehead atoms. The van der Waals surface area contributed by atoms with Crippen LogP contribution in [0.4, 0.5) is 0 Å². The van der Waals surface area contributed by atoms with Crippen molar-refractivity contribution in [2.75, 3.05) is 27.2 Å². The molecule has 0 aromatic heterocycles. The number of hydrogen-bond donors (Lipinski definition) is 4. The minimum atomic E-state index is 0.0961. The second-order valence-electron chi connectivity index (χ2n) is 8.83. The third-order valence-electron chi connectivity index (χ3n) is 6.16. The highest BCUT2D eigenvalue weighted by Gasteiger charge is 2.51. The highest BCUT2D eigenvalue weighted by atomic mass is 32.1. The van der Waals surface area contributed by atoms with E-state index >= 15 is 0 Å². The first kappa shape index (κ1) is 17.9. The van der Waals surface area contributed by atoms with E-state index in [1.165, 1.54) is 43.4 Å². The molecule has 24 heavy (non-hydrogen) atoms. The van der Waals surface area contributed by atoms with Gasteiger partial charge in [-0.15, -0.1) is 0 Å². The van der Waals surface area contributed by atoms with Gasteiger partial charge in [-0.3, -0.25) is 15.6 Å². The zero-order chi connectivity index (χ0) is 17.2. The number of thiocarbonyl (C=S) groups is 1. The topological polar surface area (TPSA) is 57.6 Å². The van der Waals surface area contributed by atoms with E-state index in [1.807, 2.05) is 0 Å². The fraction of sp³-hybridized carbons (Fsp3) is 0.889. The lowest BCUT2D eigenvalue weighted by molar-refractivity contribution is -0.858. The summed E-state index contributed by atoms with van der Waals surface area (Å²) in [4.78, 5) is 13.8. The predicted octanol–water partition coefficient (Wildman–Crippen LogP) is 0.623. The Morgan fingerprint density at radius 2 is 1.67 bits per heavy atom. The first-order valence-corrected chi connectivity index (χ1v) is 9.97. The number of carbonyl (C=O) groups is 1. The maximum absolute atomic E-state index is 12.4. The van der Waals surface area contributed by atoms with Gasteiger partial charge in [0.05, 0.1) is 20.6 Å². The monoisotopic (exact) mass is 353 g/mol. The van der Waals surface area contributed by atoms with Gasteiger partial charge in [0.15, 0.2) is 5.11 Å². The van der Waals surface area contributed by atoms with Gasteiger partial charge in [-0.2, -0.15) is 0 Å². The molecule has 0 radical (unpaired) electrons. The molecular formula is C18H33N4OS+. The first-order valence-electron chi connectivity index (χ1n) is 9.56. The van der Waals surface area contributed by atoms with Gasteiger partial charge >= 0.3 is 0 Å². The van der Waals surface area contributed by atoms with Gasteiger partial charge in [0.1, 0.15) is 0 Å². The number of rotatable bonds is 6. The van der Waals surface area contributed by atoms with Gasteiger partial charge in [0.2, 0.25) is 5.91 Å². The Kier molecular flexibility index (Phi) is 5.65. The number of nitrogens with one attached hydrogen (secondary N) is 4. The second-order valence-corrected chi connectivity index (χ2v) is 9.24. The van der Waals surface area contributed by atoms with Gasteiger partial charge in [-0.1, -0.05) is 0 Å². The molecule has 0 saturated heterocycles. The van der Waals surface area contributed by atoms with Gasteiger partial charge < -0.3 is 10.2 Å². The van der Waals surface area contributed by atoms with Crippen molar-refractivity contribution in [3.05, 3.63) is 0 Å². The summed E-state index contributed by atoms with van der Waals surface area (Å²) < 4.78 is 0. The van der Waals surface area contributed by atoms with Crippen molar-refractivity contribution in [3.63, 3.8) is 0 Å². The molecule has 4 fully saturated rings. The second kappa shape index (κ2) is 7.56. The SMILES string of the molecule is C[NH+](C)CCCNC(=S)NNC(=O)CC12CC3CC(CC(C3)C1)C2. The molecule has 0 heterocycles. The fourth-order valence-electron chi connectivity index (χ4n) is 5.71. The molecule has 0 spiro atoms. The van der Waals surface area contributed by atoms with Crippen LogP contribution >= 0.6 is 12.2 Å². The highest BCUT2D eigenvalue weighted by Crippen LogP contribution is 2.61. The van der Waals surface area contributed by atoms with Crippen LogP contribution in [-0.2, 0) is 4.79 Å². The van der Waals surface area contributed by atoms with E-state index in [4.69, 9.17) is 12.2 Å². The Labute approximate surface area is 151 Å². The molecular weight excluding hydrogens is 320 g/mol. The summed E-state index contributed by atoms with van der Waals surface area (Å²) in [5.74, 6) is 2.76. The Morgan fingerprint density at radius 3 is 2.21 bits per heavy atom. The summed E-state index contributed by atoms with van der Waals surface area (Å²) in [6.07, 6.45) is 9.78. The van der Waals surface area contributed by atoms with E-state index in [0.29, 0.717) is 11.5 Å². The largest absolute Gasteiger partial charge is 0.361 e. The van der Waals surface area contributed by atoms with Crippen LogP contribution in [0.15, 0.2) is 0 Å². The number of quaternary nitrogens is 1. The van der Waals surface area contributed by atoms with E-state index in [2.05, 4.69) is 30.3 Å². The summed E-state index contributed by atoms with van der Waals surface area (Å²) in [5, 5.41) is 3.66. The molecule has 0 aromatic carbocycles. The minimum Gasteiger partial charge on any atom is -0.361 e. The van der Waals surface area contributed by atoms with Crippen LogP contribution in [0.25, 0.3) is 0 Å². The quantitative estimate of drug-likeness (QED) is 0.321. The molecule has 4 N–H and O–H groups in total. The molecule has 0 unspecified atom stereocenters. The summed E-state index contributed by atoms with van der Waals surface area (Å²) in [6.45, 7) is 1.94. The van der Waals surface area contributed by atoms with Crippen molar-refractivity contribution in [2.24, 2.45) is 23.2 Å². The summed E-state index contributed by atoms with van der Waals surface area (Å²) in [5.41, 5.74) is 5.96. The van der Waals surface area contributed by atoms with Crippen molar-refractivity contribution < 1.29 is 9.69 Å². The first-order chi connectivity index (χ1) is 11.4. The smallest absolute Gasteiger partial charge is 0.238 e. The maximum Gasteiger partial charge on any atom is 0.238 e. The van der Waals surface area contributed by atoms with Crippen LogP contribution in [0.3, 0.4) is 0 Å². The number of carbonyl (C=O) groups excluding carboxylic acids is 1. The van der Waals surface area contributed by atoms with Crippen LogP contribution in [0, 0.1) is 23.2 Å². The van der Waals surface area contributed by atoms with Gasteiger partial charge in [0.25, 0.3) is 0 Å². The van der Waals surface area contributed by atoms with Crippen LogP contribution in [0.1, 0.15) is 51.4 Å². The standard InChI is InChI=1S/C18H32N4OS/c1-22(2)5-3-4-19-17(24)21-20-16(23)12-18-9-13-6-14(10-18)8-15(7-13)11-18/h13-15H,3-12H2,1-2H3,(H,20,23)(H2,19,21,24)/p+1. The average molecular weight is 354 g/mol. The third kappa shape index (κ3) is 4.60. The molecule has 1 amide bonds. The van der Waals surface area contributed by atoms with Crippen LogP contribution in [0.5, 0.6) is 0 Å². The molecule has 4 rings (SSSR count). The fourth-order valence-corrected chi connectivity index (χ4v) is 5.86. The van der Waals surface area contributed by atoms with E-state index in [0.717, 1.165) is 37.3 Å². The summed E-state index contributed by atoms with van der Waals surface area (Å²) in [7, 11) is 4.28. The predicted molar refractivity (Wildman–Crippen MR) is 99.4 cm³/mol. The number of amides is 1. The Morgan fingerprint density at radius 1 is 1.08 bits per heavy atom. The molecule has 136 valence electrons. The minimum absolute atomic E-state index is 0.0961. The van der Waals surface area contributed by atoms with E-state index in [1.54, 1.807) is 0 Å². The Balaban J connectivity index is 1.36. The highest BCUT2D eigenvalue weighted by molar-refractivity contribution is 7.80. The molecule has 5 nitrogen and oxygen atoms in total. The van der Waals surface area contributed by atoms with Crippen LogP contribution in [-0.4, -0.2) is 38.2 Å². The Hall–Kier alpha value is -0.880. The van der Waals surface area contributed by atoms with E-state index in [9.17, 15) is 4.79 Å². The average Bonchev–Trinajstić information content (AvgIpc) is 2.47. The van der Waals surface area contributed by atoms with Gasteiger partial charge in [-0.05, 0) is 73.9 Å². The molecule has 4 aliphatic carbocycles. The number of hydrazine groups is 1. The Bertz CT molecular complexity index is 444. The van der Waals surface area contributed by atoms with Crippen LogP contribution in [0.2, 0.25) is 0 Å². The van der Waals surface area contributed by atoms with Crippen LogP contribution < -0.4 is 21.1 Å². The van der Waals surface area contributed by atoms with Gasteiger partial charge in [-0.25, -0.2) is 0 Å². The molecule has 4 saturated carbocycles. The lowest BCUT2D eigenvalue weighted by Gasteiger charge is -2.56.